The molecule has 0 radical (unpaired) electrons. The number of nitriles is 1. The highest BCUT2D eigenvalue weighted by molar-refractivity contribution is 5.81. The third kappa shape index (κ3) is 2.99. The van der Waals surface area contributed by atoms with Crippen molar-refractivity contribution in [2.24, 2.45) is 5.92 Å². The van der Waals surface area contributed by atoms with Crippen LogP contribution in [0.2, 0.25) is 0 Å². The van der Waals surface area contributed by atoms with Gasteiger partial charge in [-0.15, -0.1) is 0 Å². The van der Waals surface area contributed by atoms with Crippen molar-refractivity contribution in [3.8, 4) is 6.07 Å². The average Bonchev–Trinajstić information content (AvgIpc) is 3.38. The SMILES string of the molecule is CN(C(=O)C1CC1)C1CCN(c2ccnc(C#N)c2)CC1. The number of piperidine rings is 1. The molecule has 1 aliphatic carbocycles. The van der Waals surface area contributed by atoms with Crippen LogP contribution in [-0.4, -0.2) is 42.0 Å². The number of pyridine rings is 1. The van der Waals surface area contributed by atoms with E-state index in [0.29, 0.717) is 23.6 Å². The summed E-state index contributed by atoms with van der Waals surface area (Å²) in [5.74, 6) is 0.621. The zero-order valence-electron chi connectivity index (χ0n) is 12.3. The summed E-state index contributed by atoms with van der Waals surface area (Å²) in [4.78, 5) is 20.3. The Balaban J connectivity index is 1.59. The van der Waals surface area contributed by atoms with Crippen molar-refractivity contribution in [1.82, 2.24) is 9.88 Å². The van der Waals surface area contributed by atoms with E-state index in [1.165, 1.54) is 0 Å². The maximum absolute atomic E-state index is 12.1. The molecule has 5 heteroatoms. The average molecular weight is 284 g/mol. The molecule has 2 fully saturated rings. The van der Waals surface area contributed by atoms with E-state index in [2.05, 4.69) is 16.0 Å². The first-order valence-electron chi connectivity index (χ1n) is 7.57. The lowest BCUT2D eigenvalue weighted by molar-refractivity contribution is -0.133. The van der Waals surface area contributed by atoms with Crippen LogP contribution < -0.4 is 4.90 Å². The van der Waals surface area contributed by atoms with Gasteiger partial charge in [0.1, 0.15) is 11.8 Å². The summed E-state index contributed by atoms with van der Waals surface area (Å²) in [7, 11) is 1.95. The maximum Gasteiger partial charge on any atom is 0.225 e. The number of carbonyl (C=O) groups excluding carboxylic acids is 1. The summed E-state index contributed by atoms with van der Waals surface area (Å²) < 4.78 is 0. The minimum Gasteiger partial charge on any atom is -0.371 e. The molecule has 0 bridgehead atoms. The molecule has 2 heterocycles. The molecule has 0 aromatic carbocycles. The van der Waals surface area contributed by atoms with Crippen molar-refractivity contribution >= 4 is 11.6 Å². The zero-order chi connectivity index (χ0) is 14.8. The first kappa shape index (κ1) is 13.9. The van der Waals surface area contributed by atoms with Gasteiger partial charge in [0.05, 0.1) is 0 Å². The van der Waals surface area contributed by atoms with E-state index in [-0.39, 0.29) is 0 Å². The summed E-state index contributed by atoms with van der Waals surface area (Å²) in [6.07, 6.45) is 5.78. The quantitative estimate of drug-likeness (QED) is 0.849. The van der Waals surface area contributed by atoms with Crippen LogP contribution in [-0.2, 0) is 4.79 Å². The second-order valence-electron chi connectivity index (χ2n) is 5.95. The highest BCUT2D eigenvalue weighted by atomic mass is 16.2. The predicted octanol–water partition coefficient (Wildman–Crippen LogP) is 1.79. The molecule has 1 amide bonds. The van der Waals surface area contributed by atoms with Crippen LogP contribution in [0.5, 0.6) is 0 Å². The molecule has 1 aromatic heterocycles. The van der Waals surface area contributed by atoms with Crippen molar-refractivity contribution < 1.29 is 4.79 Å². The zero-order valence-corrected chi connectivity index (χ0v) is 12.3. The summed E-state index contributed by atoms with van der Waals surface area (Å²) in [6.45, 7) is 1.84. The van der Waals surface area contributed by atoms with Gasteiger partial charge in [-0.3, -0.25) is 4.79 Å². The Hall–Kier alpha value is -2.09. The molecule has 1 saturated carbocycles. The molecule has 3 rings (SSSR count). The van der Waals surface area contributed by atoms with Crippen LogP contribution in [0, 0.1) is 17.2 Å². The number of rotatable bonds is 3. The van der Waals surface area contributed by atoms with Crippen molar-refractivity contribution in [2.45, 2.75) is 31.7 Å². The number of amides is 1. The summed E-state index contributed by atoms with van der Waals surface area (Å²) in [5.41, 5.74) is 1.51. The third-order valence-corrected chi connectivity index (χ3v) is 4.51. The van der Waals surface area contributed by atoms with E-state index >= 15 is 0 Å². The van der Waals surface area contributed by atoms with Gasteiger partial charge in [-0.1, -0.05) is 0 Å². The number of hydrogen-bond donors (Lipinski definition) is 0. The first-order chi connectivity index (χ1) is 10.2. The van der Waals surface area contributed by atoms with Crippen LogP contribution in [0.25, 0.3) is 0 Å². The van der Waals surface area contributed by atoms with Crippen LogP contribution in [0.1, 0.15) is 31.4 Å². The third-order valence-electron chi connectivity index (χ3n) is 4.51. The molecule has 0 atom stereocenters. The molecule has 0 N–H and O–H groups in total. The Labute approximate surface area is 125 Å². The Bertz CT molecular complexity index is 568. The molecular formula is C16H20N4O. The molecule has 5 nitrogen and oxygen atoms in total. The second-order valence-corrected chi connectivity index (χ2v) is 5.95. The Kier molecular flexibility index (Phi) is 3.78. The monoisotopic (exact) mass is 284 g/mol. The van der Waals surface area contributed by atoms with Gasteiger partial charge < -0.3 is 9.80 Å². The van der Waals surface area contributed by atoms with Gasteiger partial charge in [-0.2, -0.15) is 5.26 Å². The highest BCUT2D eigenvalue weighted by Gasteiger charge is 2.35. The van der Waals surface area contributed by atoms with Gasteiger partial charge in [-0.25, -0.2) is 4.98 Å². The van der Waals surface area contributed by atoms with E-state index in [9.17, 15) is 4.79 Å². The molecular weight excluding hydrogens is 264 g/mol. The summed E-state index contributed by atoms with van der Waals surface area (Å²) in [5, 5.41) is 8.92. The minimum atomic E-state index is 0.298. The summed E-state index contributed by atoms with van der Waals surface area (Å²) >= 11 is 0. The maximum atomic E-state index is 12.1. The van der Waals surface area contributed by atoms with Gasteiger partial charge in [0.25, 0.3) is 0 Å². The predicted molar refractivity (Wildman–Crippen MR) is 79.7 cm³/mol. The topological polar surface area (TPSA) is 60.2 Å². The lowest BCUT2D eigenvalue weighted by Gasteiger charge is -2.38. The number of anilines is 1. The van der Waals surface area contributed by atoms with Crippen LogP contribution in [0.4, 0.5) is 5.69 Å². The Morgan fingerprint density at radius 1 is 1.38 bits per heavy atom. The minimum absolute atomic E-state index is 0.298. The largest absolute Gasteiger partial charge is 0.371 e. The van der Waals surface area contributed by atoms with Gasteiger partial charge >= 0.3 is 0 Å². The summed E-state index contributed by atoms with van der Waals surface area (Å²) in [6, 6.07) is 6.21. The molecule has 1 aromatic rings. The normalized spacial score (nSPS) is 19.1. The number of aromatic nitrogens is 1. The number of nitrogens with zero attached hydrogens (tertiary/aromatic N) is 4. The van der Waals surface area contributed by atoms with Gasteiger partial charge in [0, 0.05) is 44.0 Å². The lowest BCUT2D eigenvalue weighted by Crippen LogP contribution is -2.46. The van der Waals surface area contributed by atoms with Crippen molar-refractivity contribution in [1.29, 1.82) is 5.26 Å². The molecule has 21 heavy (non-hydrogen) atoms. The molecule has 110 valence electrons. The smallest absolute Gasteiger partial charge is 0.225 e. The van der Waals surface area contributed by atoms with E-state index in [1.807, 2.05) is 24.1 Å². The van der Waals surface area contributed by atoms with Crippen LogP contribution in [0.15, 0.2) is 18.3 Å². The Morgan fingerprint density at radius 2 is 2.10 bits per heavy atom. The first-order valence-corrected chi connectivity index (χ1v) is 7.57. The van der Waals surface area contributed by atoms with Gasteiger partial charge in [0.2, 0.25) is 5.91 Å². The van der Waals surface area contributed by atoms with Crippen LogP contribution in [0.3, 0.4) is 0 Å². The van der Waals surface area contributed by atoms with Gasteiger partial charge in [0.15, 0.2) is 0 Å². The Morgan fingerprint density at radius 3 is 2.71 bits per heavy atom. The molecule has 1 saturated heterocycles. The second kappa shape index (κ2) is 5.72. The fraction of sp³-hybridized carbons (Fsp3) is 0.562. The number of hydrogen-bond acceptors (Lipinski definition) is 4. The molecule has 0 spiro atoms. The highest BCUT2D eigenvalue weighted by Crippen LogP contribution is 2.32. The van der Waals surface area contributed by atoms with Crippen molar-refractivity contribution in [3.63, 3.8) is 0 Å². The van der Waals surface area contributed by atoms with E-state index in [4.69, 9.17) is 5.26 Å². The van der Waals surface area contributed by atoms with Crippen molar-refractivity contribution in [3.05, 3.63) is 24.0 Å². The van der Waals surface area contributed by atoms with E-state index in [0.717, 1.165) is 44.5 Å². The van der Waals surface area contributed by atoms with E-state index in [1.54, 1.807) is 6.20 Å². The standard InChI is InChI=1S/C16H20N4O/c1-19(16(21)12-2-3-12)14-5-8-20(9-6-14)15-4-7-18-13(10-15)11-17/h4,7,10,12,14H,2-3,5-6,8-9H2,1H3. The molecule has 0 unspecified atom stereocenters. The van der Waals surface area contributed by atoms with Gasteiger partial charge in [-0.05, 0) is 37.8 Å². The van der Waals surface area contributed by atoms with Crippen molar-refractivity contribution in [2.75, 3.05) is 25.0 Å². The fourth-order valence-corrected chi connectivity index (χ4v) is 2.99. The molecule has 2 aliphatic rings. The van der Waals surface area contributed by atoms with E-state index < -0.39 is 0 Å². The fourth-order valence-electron chi connectivity index (χ4n) is 2.99. The van der Waals surface area contributed by atoms with Crippen LogP contribution >= 0.6 is 0 Å². The lowest BCUT2D eigenvalue weighted by atomic mass is 10.0. The molecule has 1 aliphatic heterocycles. The number of carbonyl (C=O) groups is 1.